The number of benzene rings is 3. The molecule has 0 fully saturated rings. The number of hydrogen-bond acceptors (Lipinski definition) is 5. The summed E-state index contributed by atoms with van der Waals surface area (Å²) in [5.74, 6) is -0.503. The molecule has 0 N–H and O–H groups in total. The Labute approximate surface area is 448 Å². The lowest BCUT2D eigenvalue weighted by atomic mass is 9.20. The number of fused-ring (bicyclic) bond motifs is 1. The van der Waals surface area contributed by atoms with E-state index in [1.165, 1.54) is 23.9 Å². The number of rotatable bonds is 13. The predicted molar refractivity (Wildman–Crippen MR) is 362 cm³/mol. The number of thioether (sulfide) groups is 1. The highest BCUT2D eigenvalue weighted by molar-refractivity contribution is 8.02. The van der Waals surface area contributed by atoms with Crippen LogP contribution in [0, 0.1) is 5.82 Å². The summed E-state index contributed by atoms with van der Waals surface area (Å²) in [4.78, 5) is 40.9. The normalized spacial score (nSPS) is 15.9. The number of nitrogens with zero attached hydrogens (tertiary/aromatic N) is 4. The van der Waals surface area contributed by atoms with Crippen molar-refractivity contribution in [2.45, 2.75) is 66.7 Å². The van der Waals surface area contributed by atoms with Crippen LogP contribution in [0.5, 0.6) is 0 Å². The fraction of sp³-hybridized carbons (Fsp3) is 0.361. The Kier molecular flexibility index (Phi) is 15.9. The van der Waals surface area contributed by atoms with Crippen molar-refractivity contribution in [2.24, 2.45) is 0 Å². The SMILES string of the molecule is Bc1c(B)c(C(F)(F)F)c(B)c(B)c1-c1c(B)c(B)c(C(B)(B)N(CCN(C(B)(B)C)C(B)(B)C)C(=O)C(B)(B)n2c(SC(B)(B)c3ccc(F)cc3)nc(=O)c3c2C(B)(B)C(B)(B)C3(B)B)c(B)c1B. The van der Waals surface area contributed by atoms with Crippen molar-refractivity contribution in [1.82, 2.24) is 19.4 Å². The second-order valence-electron chi connectivity index (χ2n) is 25.8. The Balaban J connectivity index is 1.88. The second kappa shape index (κ2) is 19.0. The van der Waals surface area contributed by atoms with Gasteiger partial charge in [0, 0.05) is 35.2 Å². The van der Waals surface area contributed by atoms with E-state index < -0.39 is 42.6 Å². The average Bonchev–Trinajstić information content (AvgIpc) is 3.30. The van der Waals surface area contributed by atoms with Crippen molar-refractivity contribution < 1.29 is 22.4 Å². The van der Waals surface area contributed by atoms with Crippen LogP contribution >= 0.6 is 11.8 Å². The van der Waals surface area contributed by atoms with E-state index >= 15 is 4.79 Å². The smallest absolute Gasteiger partial charge is 0.347 e. The molecule has 71 heavy (non-hydrogen) atoms. The number of alkyl halides is 3. The minimum Gasteiger partial charge on any atom is -0.347 e. The van der Waals surface area contributed by atoms with Gasteiger partial charge in [0.25, 0.3) is 5.56 Å². The van der Waals surface area contributed by atoms with Gasteiger partial charge >= 0.3 is 6.18 Å². The van der Waals surface area contributed by atoms with E-state index in [0.717, 1.165) is 49.8 Å². The first-order valence-electron chi connectivity index (χ1n) is 25.3. The minimum absolute atomic E-state index is 0.156. The van der Waals surface area contributed by atoms with Crippen molar-refractivity contribution in [2.75, 3.05) is 13.1 Å². The van der Waals surface area contributed by atoms with Gasteiger partial charge in [-0.25, -0.2) is 4.39 Å². The van der Waals surface area contributed by atoms with Crippen LogP contribution in [0.1, 0.15) is 41.8 Å². The predicted octanol–water partition coefficient (Wildman–Crippen LogP) is -23.5. The Morgan fingerprint density at radius 2 is 1.06 bits per heavy atom. The van der Waals surface area contributed by atoms with Crippen LogP contribution in [-0.2, 0) is 36.6 Å². The standard InChI is InChI=1S/C36H62B24F4N4O2S/c1-28(45,46)67(29(2,47)48)8-7-66(32(53,54)13-20(41)16(37)11(17(38)21(13)42)12-18(39)22(43)14(35(62,63)64)23(44)19(12)40)26(70)33(55,56)68-24-15(30(49,50)36(59,60)31(24,51)52)25(69)65-27(68)71-34(57,58)9-3-5-10(61)6-4-9/h3-6H,7-8,37-60H2,1-2H3. The lowest BCUT2D eigenvalue weighted by Gasteiger charge is -2.51. The van der Waals surface area contributed by atoms with Crippen molar-refractivity contribution in [3.63, 3.8) is 0 Å². The van der Waals surface area contributed by atoms with Gasteiger partial charge in [0.2, 0.25) is 5.91 Å². The van der Waals surface area contributed by atoms with Crippen LogP contribution in [0.2, 0.25) is 5.21 Å². The molecule has 1 aliphatic carbocycles. The number of amides is 1. The fourth-order valence-corrected chi connectivity index (χ4v) is 13.8. The second-order valence-corrected chi connectivity index (χ2v) is 27.4. The van der Waals surface area contributed by atoms with Gasteiger partial charge in [-0.2, -0.15) is 18.2 Å². The van der Waals surface area contributed by atoms with Crippen molar-refractivity contribution in [3.8, 4) is 11.1 Å². The quantitative estimate of drug-likeness (QED) is 0.0578. The number of aromatic nitrogens is 2. The highest BCUT2D eigenvalue weighted by Gasteiger charge is 2.60. The minimum atomic E-state index is -4.49. The number of carbonyl (C=O) groups excluding carboxylic acids is 1. The molecule has 35 heteroatoms. The van der Waals surface area contributed by atoms with Crippen molar-refractivity contribution in [3.05, 3.63) is 68.4 Å². The molecule has 5 rings (SSSR count). The van der Waals surface area contributed by atoms with Crippen LogP contribution in [0.15, 0.2) is 34.2 Å². The van der Waals surface area contributed by atoms with Crippen LogP contribution in [0.4, 0.5) is 17.6 Å². The van der Waals surface area contributed by atoms with Crippen LogP contribution in [0.3, 0.4) is 0 Å². The molecule has 1 aliphatic rings. The van der Waals surface area contributed by atoms with Gasteiger partial charge in [0.05, 0.1) is 21.0 Å². The van der Waals surface area contributed by atoms with E-state index in [9.17, 15) is 22.4 Å². The van der Waals surface area contributed by atoms with Crippen LogP contribution in [-0.4, -0.2) is 237 Å². The molecule has 6 nitrogen and oxygen atoms in total. The average molecular weight is 950 g/mol. The molecule has 1 aromatic heterocycles. The van der Waals surface area contributed by atoms with Gasteiger partial charge in [-0.15, -0.1) is 0 Å². The van der Waals surface area contributed by atoms with E-state index in [0.29, 0.717) is 34.7 Å². The van der Waals surface area contributed by atoms with Gasteiger partial charge in [-0.1, -0.05) is 103 Å². The lowest BCUT2D eigenvalue weighted by Crippen LogP contribution is -2.67. The molecule has 3 aromatic carbocycles. The van der Waals surface area contributed by atoms with Crippen LogP contribution in [0.25, 0.3) is 11.1 Å². The maximum absolute atomic E-state index is 16.7. The summed E-state index contributed by atoms with van der Waals surface area (Å²) in [6, 6.07) is 6.39. The topological polar surface area (TPSA) is 58.4 Å². The molecule has 0 aliphatic heterocycles. The Bertz CT molecular complexity index is 2820. The van der Waals surface area contributed by atoms with Crippen LogP contribution < -0.4 is 49.3 Å². The molecule has 0 radical (unpaired) electrons. The lowest BCUT2D eigenvalue weighted by molar-refractivity contribution is -0.137. The third-order valence-corrected chi connectivity index (χ3v) is 19.1. The zero-order valence-electron chi connectivity index (χ0n) is 48.2. The summed E-state index contributed by atoms with van der Waals surface area (Å²) < 4.78 is 59.4. The number of carbonyl (C=O) groups is 1. The van der Waals surface area contributed by atoms with E-state index in [2.05, 4.69) is 149 Å². The van der Waals surface area contributed by atoms with Gasteiger partial charge < -0.3 is 14.4 Å². The molecule has 0 bridgehead atoms. The summed E-state index contributed by atoms with van der Waals surface area (Å²) in [5, 5.41) is -4.13. The van der Waals surface area contributed by atoms with E-state index in [4.69, 9.17) is 4.98 Å². The van der Waals surface area contributed by atoms with E-state index in [1.54, 1.807) is 43.5 Å². The maximum atomic E-state index is 16.7. The zero-order valence-corrected chi connectivity index (χ0v) is 49.1. The molecule has 0 unspecified atom stereocenters. The van der Waals surface area contributed by atoms with Crippen molar-refractivity contribution >= 4 is 250 Å². The van der Waals surface area contributed by atoms with Gasteiger partial charge in [0.1, 0.15) is 178 Å². The molecule has 0 atom stereocenters. The number of hydrogen-bond donors (Lipinski definition) is 0. The van der Waals surface area contributed by atoms with E-state index in [-0.39, 0.29) is 38.9 Å². The summed E-state index contributed by atoms with van der Waals surface area (Å²) in [6.07, 6.45) is -4.49. The van der Waals surface area contributed by atoms with Gasteiger partial charge in [0.15, 0.2) is 5.16 Å². The number of halogens is 4. The zero-order chi connectivity index (χ0) is 54.9. The molecule has 0 spiro atoms. The fourth-order valence-electron chi connectivity index (χ4n) is 12.6. The Morgan fingerprint density at radius 1 is 0.648 bits per heavy atom. The first-order chi connectivity index (χ1) is 31.8. The summed E-state index contributed by atoms with van der Waals surface area (Å²) in [7, 11) is 49.0. The van der Waals surface area contributed by atoms with Crippen molar-refractivity contribution in [1.29, 1.82) is 0 Å². The van der Waals surface area contributed by atoms with Gasteiger partial charge in [-0.3, -0.25) is 9.59 Å². The first kappa shape index (κ1) is 59.5. The monoisotopic (exact) mass is 955 g/mol. The first-order valence-corrected chi connectivity index (χ1v) is 26.1. The summed E-state index contributed by atoms with van der Waals surface area (Å²) >= 11 is 1.40. The highest BCUT2D eigenvalue weighted by atomic mass is 32.2. The summed E-state index contributed by atoms with van der Waals surface area (Å²) in [6.45, 7) is 5.28. The Hall–Kier alpha value is -2.40. The van der Waals surface area contributed by atoms with E-state index in [1.807, 2.05) is 36.3 Å². The maximum Gasteiger partial charge on any atom is 0.415 e. The molecule has 1 heterocycles. The molecular formula is C36H62B24F4N4O2S. The third-order valence-electron chi connectivity index (χ3n) is 17.9. The highest BCUT2D eigenvalue weighted by Crippen LogP contribution is 2.58. The Morgan fingerprint density at radius 3 is 1.45 bits per heavy atom. The molecule has 0 saturated heterocycles. The molecule has 344 valence electrons. The third kappa shape index (κ3) is 9.88. The summed E-state index contributed by atoms with van der Waals surface area (Å²) in [5.41, 5.74) is 9.56. The largest absolute Gasteiger partial charge is 0.415 e. The molecule has 4 aromatic rings. The van der Waals surface area contributed by atoms with Gasteiger partial charge in [-0.05, 0) is 44.0 Å². The molecule has 0 saturated carbocycles. The molecular weight excluding hydrogens is 888 g/mol. The molecule has 1 amide bonds.